The van der Waals surface area contributed by atoms with Crippen LogP contribution in [-0.4, -0.2) is 18.7 Å². The average molecular weight is 359 g/mol. The second-order valence-corrected chi connectivity index (χ2v) is 5.24. The molecule has 0 heterocycles. The summed E-state index contributed by atoms with van der Waals surface area (Å²) in [4.78, 5) is 11.5. The van der Waals surface area contributed by atoms with E-state index in [2.05, 4.69) is 26.5 Å². The summed E-state index contributed by atoms with van der Waals surface area (Å²) in [6.45, 7) is -0.0820. The molecule has 0 aliphatic rings. The van der Waals surface area contributed by atoms with Crippen molar-refractivity contribution in [3.63, 3.8) is 0 Å². The van der Waals surface area contributed by atoms with Crippen molar-refractivity contribution in [3.8, 4) is 5.75 Å². The second-order valence-electron chi connectivity index (χ2n) is 4.33. The highest BCUT2D eigenvalue weighted by Crippen LogP contribution is 2.15. The molecular weight excluding hydrogens is 344 g/mol. The summed E-state index contributed by atoms with van der Waals surface area (Å²) in [7, 11) is 0. The van der Waals surface area contributed by atoms with E-state index in [0.29, 0.717) is 5.75 Å². The van der Waals surface area contributed by atoms with E-state index < -0.39 is 0 Å². The molecule has 4 nitrogen and oxygen atoms in total. The van der Waals surface area contributed by atoms with E-state index in [1.54, 1.807) is 18.2 Å². The van der Waals surface area contributed by atoms with Gasteiger partial charge in [0.25, 0.3) is 5.91 Å². The van der Waals surface area contributed by atoms with Gasteiger partial charge >= 0.3 is 0 Å². The molecule has 0 fully saturated rings. The highest BCUT2D eigenvalue weighted by Gasteiger charge is 2.00. The van der Waals surface area contributed by atoms with Gasteiger partial charge in [-0.1, -0.05) is 52.3 Å². The number of nitrogens with one attached hydrogen (secondary N) is 1. The topological polar surface area (TPSA) is 50.7 Å². The van der Waals surface area contributed by atoms with Crippen LogP contribution in [0, 0.1) is 0 Å². The number of benzene rings is 2. The number of hydrazone groups is 1. The third kappa shape index (κ3) is 5.93. The van der Waals surface area contributed by atoms with Crippen molar-refractivity contribution in [1.82, 2.24) is 5.43 Å². The normalized spacial score (nSPS) is 11.0. The minimum absolute atomic E-state index is 0.0820. The Morgan fingerprint density at radius 3 is 2.59 bits per heavy atom. The number of allylic oxidation sites excluding steroid dienone is 1. The molecular formula is C17H15BrN2O2. The third-order valence-corrected chi connectivity index (χ3v) is 3.15. The lowest BCUT2D eigenvalue weighted by atomic mass is 10.2. The first-order valence-corrected chi connectivity index (χ1v) is 7.45. The van der Waals surface area contributed by atoms with E-state index >= 15 is 0 Å². The first-order chi connectivity index (χ1) is 10.7. The Hall–Kier alpha value is -2.40. The van der Waals surface area contributed by atoms with Gasteiger partial charge in [-0.3, -0.25) is 4.79 Å². The fraction of sp³-hybridized carbons (Fsp3) is 0.0588. The molecule has 0 aliphatic carbocycles. The van der Waals surface area contributed by atoms with Crippen LogP contribution < -0.4 is 10.2 Å². The number of carbonyl (C=O) groups excluding carboxylic acids is 1. The Morgan fingerprint density at radius 2 is 1.86 bits per heavy atom. The van der Waals surface area contributed by atoms with Gasteiger partial charge in [0.05, 0.1) is 0 Å². The molecule has 2 aromatic rings. The lowest BCUT2D eigenvalue weighted by Crippen LogP contribution is -2.24. The lowest BCUT2D eigenvalue weighted by Gasteiger charge is -2.04. The Balaban J connectivity index is 1.70. The van der Waals surface area contributed by atoms with Crippen molar-refractivity contribution in [1.29, 1.82) is 0 Å². The summed E-state index contributed by atoms with van der Waals surface area (Å²) < 4.78 is 6.28. The molecule has 0 bridgehead atoms. The minimum atomic E-state index is -0.313. The maximum Gasteiger partial charge on any atom is 0.277 e. The Morgan fingerprint density at radius 1 is 1.14 bits per heavy atom. The summed E-state index contributed by atoms with van der Waals surface area (Å²) in [5.41, 5.74) is 3.46. The zero-order chi connectivity index (χ0) is 15.6. The quantitative estimate of drug-likeness (QED) is 0.632. The summed E-state index contributed by atoms with van der Waals surface area (Å²) >= 11 is 3.33. The van der Waals surface area contributed by atoms with Crippen LogP contribution in [-0.2, 0) is 4.79 Å². The Bertz CT molecular complexity index is 652. The lowest BCUT2D eigenvalue weighted by molar-refractivity contribution is -0.123. The molecule has 0 saturated heterocycles. The maximum atomic E-state index is 11.5. The molecule has 0 radical (unpaired) electrons. The number of hydrogen-bond acceptors (Lipinski definition) is 3. The molecule has 1 amide bonds. The van der Waals surface area contributed by atoms with Gasteiger partial charge in [-0.25, -0.2) is 5.43 Å². The standard InChI is InChI=1S/C17H15BrN2O2/c18-15-8-10-16(11-9-15)22-13-17(21)20-19-12-4-7-14-5-2-1-3-6-14/h1-12H,13H2,(H,20,21)/b7-4+,19-12?. The monoisotopic (exact) mass is 358 g/mol. The van der Waals surface area contributed by atoms with E-state index in [1.165, 1.54) is 6.21 Å². The Kier molecular flexibility index (Phi) is 6.39. The number of carbonyl (C=O) groups is 1. The molecule has 1 N–H and O–H groups in total. The molecule has 0 unspecified atom stereocenters. The van der Waals surface area contributed by atoms with Crippen molar-refractivity contribution in [2.24, 2.45) is 5.10 Å². The van der Waals surface area contributed by atoms with Crippen molar-refractivity contribution in [2.75, 3.05) is 6.61 Å². The zero-order valence-corrected chi connectivity index (χ0v) is 13.4. The van der Waals surface area contributed by atoms with Crippen molar-refractivity contribution in [3.05, 3.63) is 70.7 Å². The SMILES string of the molecule is O=C(COc1ccc(Br)cc1)NN=C/C=C/c1ccccc1. The van der Waals surface area contributed by atoms with Crippen molar-refractivity contribution in [2.45, 2.75) is 0 Å². The summed E-state index contributed by atoms with van der Waals surface area (Å²) in [5, 5.41) is 3.81. The summed E-state index contributed by atoms with van der Waals surface area (Å²) in [6.07, 6.45) is 5.17. The second kappa shape index (κ2) is 8.79. The van der Waals surface area contributed by atoms with Gasteiger partial charge < -0.3 is 4.74 Å². The van der Waals surface area contributed by atoms with E-state index in [0.717, 1.165) is 10.0 Å². The largest absolute Gasteiger partial charge is 0.484 e. The molecule has 5 heteroatoms. The van der Waals surface area contributed by atoms with E-state index in [4.69, 9.17) is 4.74 Å². The van der Waals surface area contributed by atoms with Crippen LogP contribution >= 0.6 is 15.9 Å². The zero-order valence-electron chi connectivity index (χ0n) is 11.8. The number of hydrogen-bond donors (Lipinski definition) is 1. The predicted molar refractivity (Wildman–Crippen MR) is 91.7 cm³/mol. The van der Waals surface area contributed by atoms with Crippen LogP contribution in [0.2, 0.25) is 0 Å². The fourth-order valence-corrected chi connectivity index (χ4v) is 1.85. The Labute approximate surface area is 137 Å². The van der Waals surface area contributed by atoms with E-state index in [1.807, 2.05) is 48.5 Å². The molecule has 2 aromatic carbocycles. The third-order valence-electron chi connectivity index (χ3n) is 2.62. The molecule has 0 aliphatic heterocycles. The van der Waals surface area contributed by atoms with Gasteiger partial charge in [-0.15, -0.1) is 0 Å². The maximum absolute atomic E-state index is 11.5. The number of nitrogens with zero attached hydrogens (tertiary/aromatic N) is 1. The van der Waals surface area contributed by atoms with E-state index in [-0.39, 0.29) is 12.5 Å². The number of ether oxygens (including phenoxy) is 1. The number of halogens is 1. The molecule has 112 valence electrons. The van der Waals surface area contributed by atoms with Gasteiger partial charge in [-0.2, -0.15) is 5.10 Å². The van der Waals surface area contributed by atoms with Crippen LogP contribution in [0.4, 0.5) is 0 Å². The fourth-order valence-electron chi connectivity index (χ4n) is 1.58. The highest BCUT2D eigenvalue weighted by molar-refractivity contribution is 9.10. The highest BCUT2D eigenvalue weighted by atomic mass is 79.9. The molecule has 0 spiro atoms. The van der Waals surface area contributed by atoms with Crippen LogP contribution in [0.1, 0.15) is 5.56 Å². The molecule has 0 atom stereocenters. The van der Waals surface area contributed by atoms with Gasteiger partial charge in [-0.05, 0) is 35.9 Å². The van der Waals surface area contributed by atoms with Crippen molar-refractivity contribution < 1.29 is 9.53 Å². The van der Waals surface area contributed by atoms with Crippen LogP contribution in [0.25, 0.3) is 6.08 Å². The molecule has 0 saturated carbocycles. The first kappa shape index (κ1) is 16.0. The summed E-state index contributed by atoms with van der Waals surface area (Å²) in [5.74, 6) is 0.318. The molecule has 0 aromatic heterocycles. The van der Waals surface area contributed by atoms with E-state index in [9.17, 15) is 4.79 Å². The summed E-state index contributed by atoms with van der Waals surface area (Å²) in [6, 6.07) is 17.1. The molecule has 22 heavy (non-hydrogen) atoms. The van der Waals surface area contributed by atoms with Gasteiger partial charge in [0.15, 0.2) is 6.61 Å². The van der Waals surface area contributed by atoms with Gasteiger partial charge in [0, 0.05) is 10.7 Å². The van der Waals surface area contributed by atoms with Gasteiger partial charge in [0.2, 0.25) is 0 Å². The predicted octanol–water partition coefficient (Wildman–Crippen LogP) is 3.64. The average Bonchev–Trinajstić information content (AvgIpc) is 2.55. The van der Waals surface area contributed by atoms with Crippen LogP contribution in [0.5, 0.6) is 5.75 Å². The van der Waals surface area contributed by atoms with Crippen molar-refractivity contribution >= 4 is 34.1 Å². The minimum Gasteiger partial charge on any atom is -0.484 e. The smallest absolute Gasteiger partial charge is 0.277 e. The van der Waals surface area contributed by atoms with Crippen LogP contribution in [0.15, 0.2) is 70.2 Å². The first-order valence-electron chi connectivity index (χ1n) is 6.66. The van der Waals surface area contributed by atoms with Gasteiger partial charge in [0.1, 0.15) is 5.75 Å². The molecule has 2 rings (SSSR count). The number of amides is 1. The van der Waals surface area contributed by atoms with Crippen LogP contribution in [0.3, 0.4) is 0 Å². The number of rotatable bonds is 6.